The van der Waals surface area contributed by atoms with Crippen molar-refractivity contribution < 1.29 is 53.6 Å². The first-order valence-electron chi connectivity index (χ1n) is 11.0. The Balaban J connectivity index is 1.75. The molecule has 0 fully saturated rings. The molecule has 37 heavy (non-hydrogen) atoms. The summed E-state index contributed by atoms with van der Waals surface area (Å²) in [5, 5.41) is 41.5. The molecule has 1 aliphatic heterocycles. The fourth-order valence-electron chi connectivity index (χ4n) is 4.20. The van der Waals surface area contributed by atoms with Crippen LogP contribution in [0.4, 0.5) is 0 Å². The first-order chi connectivity index (χ1) is 17.7. The van der Waals surface area contributed by atoms with Crippen molar-refractivity contribution in [1.29, 1.82) is 0 Å². The molecule has 0 aromatic heterocycles. The molecule has 1 heterocycles. The van der Waals surface area contributed by atoms with E-state index in [9.17, 15) is 25.2 Å². The molecule has 4 rings (SSSR count). The van der Waals surface area contributed by atoms with Crippen molar-refractivity contribution in [3.05, 3.63) is 53.1 Å². The second-order valence-electron chi connectivity index (χ2n) is 8.13. The van der Waals surface area contributed by atoms with Crippen molar-refractivity contribution in [3.63, 3.8) is 0 Å². The van der Waals surface area contributed by atoms with E-state index in [0.717, 1.165) is 0 Å². The fourth-order valence-corrected chi connectivity index (χ4v) is 4.20. The Hall–Kier alpha value is -4.67. The van der Waals surface area contributed by atoms with Crippen molar-refractivity contribution in [2.75, 3.05) is 28.4 Å². The van der Waals surface area contributed by atoms with Crippen LogP contribution in [0.1, 0.15) is 27.6 Å². The zero-order chi connectivity index (χ0) is 26.9. The molecule has 1 aliphatic rings. The van der Waals surface area contributed by atoms with Crippen LogP contribution in [0.5, 0.6) is 51.7 Å². The number of hydrogen-bond donors (Lipinski definition) is 4. The van der Waals surface area contributed by atoms with Crippen molar-refractivity contribution >= 4 is 5.97 Å². The second-order valence-corrected chi connectivity index (χ2v) is 8.13. The molecule has 11 heteroatoms. The van der Waals surface area contributed by atoms with Crippen molar-refractivity contribution in [2.45, 2.75) is 18.6 Å². The van der Waals surface area contributed by atoms with E-state index in [1.165, 1.54) is 58.8 Å². The lowest BCUT2D eigenvalue weighted by Gasteiger charge is -2.34. The standard InChI is InChI=1S/C26H26O11/c1-32-14-9-16(27)15-11-22(37-26(31)13-7-19(30)25(35-4)21(8-13)33-2)23(36-20(15)10-14)12-5-17(28)24(34-3)18(29)6-12/h5-10,22-23,27-30H,11H2,1-4H3. The van der Waals surface area contributed by atoms with E-state index in [4.69, 9.17) is 28.4 Å². The van der Waals surface area contributed by atoms with Crippen LogP contribution in [0, 0.1) is 0 Å². The quantitative estimate of drug-likeness (QED) is 0.343. The number of methoxy groups -OCH3 is 4. The summed E-state index contributed by atoms with van der Waals surface area (Å²) in [6.07, 6.45) is -2.02. The number of hydrogen-bond acceptors (Lipinski definition) is 11. The van der Waals surface area contributed by atoms with Gasteiger partial charge in [0.1, 0.15) is 23.4 Å². The number of aromatic hydroxyl groups is 4. The summed E-state index contributed by atoms with van der Waals surface area (Å²) in [6, 6.07) is 8.12. The topological polar surface area (TPSA) is 153 Å². The Bertz CT molecular complexity index is 1310. The molecule has 0 saturated carbocycles. The molecule has 3 aromatic carbocycles. The van der Waals surface area contributed by atoms with E-state index < -0.39 is 18.2 Å². The summed E-state index contributed by atoms with van der Waals surface area (Å²) in [4.78, 5) is 13.2. The highest BCUT2D eigenvalue weighted by Gasteiger charge is 2.37. The molecule has 0 radical (unpaired) electrons. The van der Waals surface area contributed by atoms with Crippen LogP contribution in [0.25, 0.3) is 0 Å². The van der Waals surface area contributed by atoms with Crippen LogP contribution in [0.3, 0.4) is 0 Å². The molecule has 0 amide bonds. The first kappa shape index (κ1) is 25.4. The third-order valence-corrected chi connectivity index (χ3v) is 5.95. The predicted octanol–water partition coefficient (Wildman–Crippen LogP) is 3.45. The number of benzene rings is 3. The monoisotopic (exact) mass is 514 g/mol. The van der Waals surface area contributed by atoms with E-state index in [0.29, 0.717) is 11.3 Å². The number of ether oxygens (including phenoxy) is 6. The summed E-state index contributed by atoms with van der Waals surface area (Å²) in [6.45, 7) is 0. The normalized spacial score (nSPS) is 16.2. The number of carbonyl (C=O) groups excluding carboxylic acids is 1. The van der Waals surface area contributed by atoms with Gasteiger partial charge in [0.25, 0.3) is 0 Å². The van der Waals surface area contributed by atoms with E-state index >= 15 is 0 Å². The van der Waals surface area contributed by atoms with Gasteiger partial charge in [0.2, 0.25) is 11.5 Å². The first-order valence-corrected chi connectivity index (χ1v) is 11.0. The van der Waals surface area contributed by atoms with Gasteiger partial charge < -0.3 is 48.8 Å². The van der Waals surface area contributed by atoms with Gasteiger partial charge in [-0.1, -0.05) is 0 Å². The summed E-state index contributed by atoms with van der Waals surface area (Å²) < 4.78 is 32.4. The van der Waals surface area contributed by atoms with Gasteiger partial charge in [-0.2, -0.15) is 0 Å². The van der Waals surface area contributed by atoms with E-state index in [2.05, 4.69) is 0 Å². The van der Waals surface area contributed by atoms with Gasteiger partial charge in [-0.3, -0.25) is 0 Å². The van der Waals surface area contributed by atoms with Gasteiger partial charge in [0.05, 0.1) is 34.0 Å². The maximum Gasteiger partial charge on any atom is 0.338 e. The number of phenolic OH excluding ortho intramolecular Hbond substituents is 4. The molecule has 196 valence electrons. The van der Waals surface area contributed by atoms with Gasteiger partial charge in [-0.05, 0) is 24.3 Å². The predicted molar refractivity (Wildman–Crippen MR) is 128 cm³/mol. The second kappa shape index (κ2) is 10.1. The lowest BCUT2D eigenvalue weighted by molar-refractivity contribution is -0.0189. The molecule has 0 bridgehead atoms. The minimum absolute atomic E-state index is 0.0222. The molecule has 11 nitrogen and oxygen atoms in total. The summed E-state index contributed by atoms with van der Waals surface area (Å²) in [7, 11) is 5.43. The lowest BCUT2D eigenvalue weighted by Crippen LogP contribution is -2.34. The zero-order valence-electron chi connectivity index (χ0n) is 20.5. The van der Waals surface area contributed by atoms with E-state index in [-0.39, 0.29) is 63.5 Å². The number of carbonyl (C=O) groups is 1. The summed E-state index contributed by atoms with van der Waals surface area (Å²) in [5.41, 5.74) is 0.614. The molecule has 2 atom stereocenters. The molecule has 0 saturated heterocycles. The van der Waals surface area contributed by atoms with Gasteiger partial charge >= 0.3 is 5.97 Å². The molecule has 0 aliphatic carbocycles. The maximum absolute atomic E-state index is 13.2. The minimum Gasteiger partial charge on any atom is -0.507 e. The Morgan fingerprint density at radius 1 is 0.784 bits per heavy atom. The average Bonchev–Trinajstić information content (AvgIpc) is 2.87. The Kier molecular flexibility index (Phi) is 6.96. The SMILES string of the molecule is COc1cc(O)c2c(c1)OC(c1cc(O)c(OC)c(O)c1)C(OC(=O)c1cc(O)c(OC)c(OC)c1)C2. The van der Waals surface area contributed by atoms with E-state index in [1.807, 2.05) is 0 Å². The number of phenols is 4. The van der Waals surface area contributed by atoms with Gasteiger partial charge in [-0.25, -0.2) is 4.79 Å². The molecular formula is C26H26O11. The largest absolute Gasteiger partial charge is 0.507 e. The lowest BCUT2D eigenvalue weighted by atomic mass is 9.93. The number of esters is 1. The van der Waals surface area contributed by atoms with Gasteiger partial charge in [0, 0.05) is 29.7 Å². The van der Waals surface area contributed by atoms with Gasteiger partial charge in [-0.15, -0.1) is 0 Å². The minimum atomic E-state index is -1.03. The Morgan fingerprint density at radius 2 is 1.43 bits per heavy atom. The van der Waals surface area contributed by atoms with Crippen LogP contribution >= 0.6 is 0 Å². The molecule has 3 aromatic rings. The molecular weight excluding hydrogens is 488 g/mol. The van der Waals surface area contributed by atoms with Crippen LogP contribution in [-0.4, -0.2) is 60.9 Å². The van der Waals surface area contributed by atoms with Crippen LogP contribution in [0.15, 0.2) is 36.4 Å². The van der Waals surface area contributed by atoms with E-state index in [1.54, 1.807) is 6.07 Å². The Labute approximate surface area is 211 Å². The highest BCUT2D eigenvalue weighted by molar-refractivity contribution is 5.91. The van der Waals surface area contributed by atoms with Crippen molar-refractivity contribution in [1.82, 2.24) is 0 Å². The zero-order valence-corrected chi connectivity index (χ0v) is 20.5. The third kappa shape index (κ3) is 4.75. The molecule has 0 spiro atoms. The number of fused-ring (bicyclic) bond motifs is 1. The maximum atomic E-state index is 13.2. The highest BCUT2D eigenvalue weighted by Crippen LogP contribution is 2.46. The molecule has 2 unspecified atom stereocenters. The van der Waals surface area contributed by atoms with Crippen LogP contribution in [-0.2, 0) is 11.2 Å². The Morgan fingerprint density at radius 3 is 2.03 bits per heavy atom. The van der Waals surface area contributed by atoms with Crippen LogP contribution < -0.4 is 23.7 Å². The highest BCUT2D eigenvalue weighted by atomic mass is 16.6. The van der Waals surface area contributed by atoms with Crippen LogP contribution in [0.2, 0.25) is 0 Å². The number of rotatable bonds is 7. The van der Waals surface area contributed by atoms with Crippen molar-refractivity contribution in [2.24, 2.45) is 0 Å². The van der Waals surface area contributed by atoms with Crippen molar-refractivity contribution in [3.8, 4) is 51.7 Å². The summed E-state index contributed by atoms with van der Waals surface area (Å²) >= 11 is 0. The average molecular weight is 514 g/mol. The third-order valence-electron chi connectivity index (χ3n) is 5.95. The fraction of sp³-hybridized carbons (Fsp3) is 0.269. The smallest absolute Gasteiger partial charge is 0.338 e. The molecule has 4 N–H and O–H groups in total. The summed E-state index contributed by atoms with van der Waals surface area (Å²) in [5.74, 6) is -1.34. The van der Waals surface area contributed by atoms with Gasteiger partial charge in [0.15, 0.2) is 29.1 Å².